The van der Waals surface area contributed by atoms with Crippen LogP contribution in [0.2, 0.25) is 15.1 Å². The molecule has 0 spiro atoms. The zero-order valence-electron chi connectivity index (χ0n) is 13.8. The quantitative estimate of drug-likeness (QED) is 0.399. The van der Waals surface area contributed by atoms with Crippen LogP contribution in [0.15, 0.2) is 66.7 Å². The number of rotatable bonds is 3. The summed E-state index contributed by atoms with van der Waals surface area (Å²) in [5.41, 5.74) is 3.47. The van der Waals surface area contributed by atoms with Crippen LogP contribution in [0.1, 0.15) is 0 Å². The zero-order chi connectivity index (χ0) is 18.8. The van der Waals surface area contributed by atoms with E-state index in [1.165, 1.54) is 0 Å². The van der Waals surface area contributed by atoms with Gasteiger partial charge in [-0.3, -0.25) is 0 Å². The van der Waals surface area contributed by atoms with E-state index in [2.05, 4.69) is 20.4 Å². The van der Waals surface area contributed by atoms with E-state index in [1.807, 2.05) is 48.5 Å². The Hall–Kier alpha value is -2.53. The number of hydrogen-bond donors (Lipinski definition) is 0. The summed E-state index contributed by atoms with van der Waals surface area (Å²) >= 11 is 18.3. The van der Waals surface area contributed by atoms with Crippen molar-refractivity contribution in [3.8, 4) is 33.9 Å². The molecule has 0 saturated heterocycles. The molecule has 0 saturated carbocycles. The monoisotopic (exact) mass is 412 g/mol. The Morgan fingerprint density at radius 1 is 0.481 bits per heavy atom. The summed E-state index contributed by atoms with van der Waals surface area (Å²) in [6.45, 7) is 0. The highest BCUT2D eigenvalue weighted by Crippen LogP contribution is 2.32. The van der Waals surface area contributed by atoms with Crippen LogP contribution >= 0.6 is 34.8 Å². The van der Waals surface area contributed by atoms with Crippen molar-refractivity contribution in [1.29, 1.82) is 0 Å². The van der Waals surface area contributed by atoms with Crippen LogP contribution in [0.4, 0.5) is 0 Å². The number of hydrogen-bond acceptors (Lipinski definition) is 4. The van der Waals surface area contributed by atoms with E-state index < -0.39 is 0 Å². The van der Waals surface area contributed by atoms with E-state index in [4.69, 9.17) is 34.8 Å². The van der Waals surface area contributed by atoms with Crippen molar-refractivity contribution in [2.45, 2.75) is 0 Å². The minimum atomic E-state index is 0.284. The second kappa shape index (κ2) is 7.61. The second-order valence-electron chi connectivity index (χ2n) is 5.73. The predicted molar refractivity (Wildman–Crippen MR) is 109 cm³/mol. The Kier molecular flexibility index (Phi) is 5.03. The lowest BCUT2D eigenvalue weighted by molar-refractivity contribution is 0.876. The lowest BCUT2D eigenvalue weighted by Crippen LogP contribution is -2.00. The normalized spacial score (nSPS) is 10.8. The maximum absolute atomic E-state index is 6.18. The molecule has 132 valence electrons. The van der Waals surface area contributed by atoms with Gasteiger partial charge in [-0.2, -0.15) is 0 Å². The highest BCUT2D eigenvalue weighted by Gasteiger charge is 2.13. The van der Waals surface area contributed by atoms with Gasteiger partial charge in [-0.05, 0) is 35.4 Å². The molecule has 0 atom stereocenters. The topological polar surface area (TPSA) is 51.6 Å². The lowest BCUT2D eigenvalue weighted by atomic mass is 10.0. The highest BCUT2D eigenvalue weighted by molar-refractivity contribution is 6.38. The lowest BCUT2D eigenvalue weighted by Gasteiger charge is -2.05. The van der Waals surface area contributed by atoms with Crippen LogP contribution < -0.4 is 0 Å². The Balaban J connectivity index is 1.62. The van der Waals surface area contributed by atoms with Gasteiger partial charge >= 0.3 is 0 Å². The van der Waals surface area contributed by atoms with Crippen molar-refractivity contribution in [1.82, 2.24) is 20.4 Å². The first-order valence-electron chi connectivity index (χ1n) is 8.00. The van der Waals surface area contributed by atoms with Gasteiger partial charge in [-0.15, -0.1) is 20.4 Å². The highest BCUT2D eigenvalue weighted by atomic mass is 35.5. The molecule has 0 radical (unpaired) electrons. The molecule has 0 bridgehead atoms. The maximum atomic E-state index is 6.18. The van der Waals surface area contributed by atoms with Gasteiger partial charge in [0.1, 0.15) is 0 Å². The van der Waals surface area contributed by atoms with E-state index >= 15 is 0 Å². The van der Waals surface area contributed by atoms with E-state index in [9.17, 15) is 0 Å². The van der Waals surface area contributed by atoms with Crippen LogP contribution in [-0.4, -0.2) is 20.4 Å². The van der Waals surface area contributed by atoms with Crippen molar-refractivity contribution in [2.75, 3.05) is 0 Å². The fourth-order valence-corrected chi connectivity index (χ4v) is 3.30. The first-order valence-corrected chi connectivity index (χ1v) is 9.13. The molecule has 4 rings (SSSR count). The molecular weight excluding hydrogens is 403 g/mol. The molecule has 0 fully saturated rings. The van der Waals surface area contributed by atoms with Crippen molar-refractivity contribution < 1.29 is 0 Å². The summed E-state index contributed by atoms with van der Waals surface area (Å²) in [7, 11) is 0. The molecular formula is C20H11Cl3N4. The molecule has 3 aromatic carbocycles. The Bertz CT molecular complexity index is 1060. The van der Waals surface area contributed by atoms with Crippen LogP contribution in [0.25, 0.3) is 33.9 Å². The Morgan fingerprint density at radius 2 is 0.926 bits per heavy atom. The van der Waals surface area contributed by atoms with Gasteiger partial charge in [0, 0.05) is 10.6 Å². The van der Waals surface area contributed by atoms with E-state index in [1.54, 1.807) is 18.2 Å². The minimum absolute atomic E-state index is 0.284. The van der Waals surface area contributed by atoms with Gasteiger partial charge in [-0.1, -0.05) is 77.3 Å². The third-order valence-electron chi connectivity index (χ3n) is 3.99. The number of nitrogens with zero attached hydrogens (tertiary/aromatic N) is 4. The molecule has 1 heterocycles. The third-order valence-corrected chi connectivity index (χ3v) is 4.87. The summed E-state index contributed by atoms with van der Waals surface area (Å²) in [6.07, 6.45) is 0. The molecule has 4 aromatic rings. The average molecular weight is 414 g/mol. The third kappa shape index (κ3) is 3.78. The van der Waals surface area contributed by atoms with Gasteiger partial charge in [0.05, 0.1) is 15.6 Å². The van der Waals surface area contributed by atoms with Crippen LogP contribution in [0, 0.1) is 0 Å². The maximum Gasteiger partial charge on any atom is 0.206 e. The summed E-state index contributed by atoms with van der Waals surface area (Å²) in [6, 6.07) is 20.7. The first-order chi connectivity index (χ1) is 13.1. The van der Waals surface area contributed by atoms with Gasteiger partial charge in [0.2, 0.25) is 11.6 Å². The van der Waals surface area contributed by atoms with Gasteiger partial charge in [0.25, 0.3) is 0 Å². The fourth-order valence-electron chi connectivity index (χ4n) is 2.61. The fraction of sp³-hybridized carbons (Fsp3) is 0. The summed E-state index contributed by atoms with van der Waals surface area (Å²) in [4.78, 5) is 0. The van der Waals surface area contributed by atoms with Crippen molar-refractivity contribution in [3.05, 3.63) is 81.8 Å². The molecule has 0 N–H and O–H groups in total. The molecule has 0 unspecified atom stereocenters. The largest absolute Gasteiger partial charge is 0.206 e. The molecule has 0 aliphatic heterocycles. The molecule has 0 amide bonds. The predicted octanol–water partition coefficient (Wildman–Crippen LogP) is 6.23. The van der Waals surface area contributed by atoms with Crippen LogP contribution in [0.5, 0.6) is 0 Å². The molecule has 1 aromatic heterocycles. The smallest absolute Gasteiger partial charge is 0.126 e. The van der Waals surface area contributed by atoms with E-state index in [-0.39, 0.29) is 5.82 Å². The van der Waals surface area contributed by atoms with Crippen LogP contribution in [-0.2, 0) is 0 Å². The van der Waals surface area contributed by atoms with Crippen molar-refractivity contribution in [3.63, 3.8) is 0 Å². The standard InChI is InChI=1S/C20H11Cl3N4/c21-15-10-8-13(9-11-15)12-4-6-14(7-5-12)19-24-26-20(27-25-19)18-16(22)2-1-3-17(18)23/h1-11H. The van der Waals surface area contributed by atoms with E-state index in [0.29, 0.717) is 26.5 Å². The van der Waals surface area contributed by atoms with Gasteiger partial charge in [0.15, 0.2) is 0 Å². The molecule has 27 heavy (non-hydrogen) atoms. The zero-order valence-corrected chi connectivity index (χ0v) is 16.0. The number of aromatic nitrogens is 4. The molecule has 0 aliphatic rings. The van der Waals surface area contributed by atoms with Gasteiger partial charge < -0.3 is 0 Å². The van der Waals surface area contributed by atoms with Crippen molar-refractivity contribution >= 4 is 34.8 Å². The molecule has 0 aliphatic carbocycles. The Morgan fingerprint density at radius 3 is 1.48 bits per heavy atom. The SMILES string of the molecule is Clc1ccc(-c2ccc(-c3nnc(-c4c(Cl)cccc4Cl)nn3)cc2)cc1. The number of benzene rings is 3. The summed E-state index contributed by atoms with van der Waals surface area (Å²) in [5.74, 6) is 0.705. The first kappa shape index (κ1) is 17.9. The summed E-state index contributed by atoms with van der Waals surface area (Å²) < 4.78 is 0. The molecule has 7 heteroatoms. The van der Waals surface area contributed by atoms with Crippen molar-refractivity contribution in [2.24, 2.45) is 0 Å². The summed E-state index contributed by atoms with van der Waals surface area (Å²) in [5, 5.41) is 18.2. The molecule has 4 nitrogen and oxygen atoms in total. The van der Waals surface area contributed by atoms with E-state index in [0.717, 1.165) is 16.7 Å². The Labute approximate surface area is 170 Å². The second-order valence-corrected chi connectivity index (χ2v) is 6.98. The van der Waals surface area contributed by atoms with Gasteiger partial charge in [-0.25, -0.2) is 0 Å². The number of halogens is 3. The van der Waals surface area contributed by atoms with Crippen LogP contribution in [0.3, 0.4) is 0 Å². The minimum Gasteiger partial charge on any atom is -0.126 e. The average Bonchev–Trinajstić information content (AvgIpc) is 2.69.